The van der Waals surface area contributed by atoms with E-state index in [-0.39, 0.29) is 0 Å². The molecule has 0 spiro atoms. The summed E-state index contributed by atoms with van der Waals surface area (Å²) < 4.78 is 0. The largest absolute Gasteiger partial charge is 0.302 e. The van der Waals surface area contributed by atoms with Gasteiger partial charge in [0.2, 0.25) is 0 Å². The second kappa shape index (κ2) is 3.22. The fraction of sp³-hybridized carbons (Fsp3) is 1.00. The van der Waals surface area contributed by atoms with E-state index < -0.39 is 0 Å². The summed E-state index contributed by atoms with van der Waals surface area (Å²) in [5, 5.41) is 4.50. The maximum absolute atomic E-state index is 3.69. The van der Waals surface area contributed by atoms with Crippen LogP contribution in [0.4, 0.5) is 0 Å². The number of thioether (sulfide) groups is 1. The Labute approximate surface area is 79.7 Å². The predicted molar refractivity (Wildman–Crippen MR) is 55.4 cm³/mol. The van der Waals surface area contributed by atoms with Crippen LogP contribution in [-0.4, -0.2) is 16.7 Å². The fourth-order valence-corrected chi connectivity index (χ4v) is 4.16. The minimum absolute atomic E-state index is 0.413. The van der Waals surface area contributed by atoms with Crippen molar-refractivity contribution in [2.24, 2.45) is 5.92 Å². The van der Waals surface area contributed by atoms with Crippen LogP contribution < -0.4 is 5.32 Å². The zero-order valence-corrected chi connectivity index (χ0v) is 8.91. The number of nitrogens with one attached hydrogen (secondary N) is 1. The summed E-state index contributed by atoms with van der Waals surface area (Å²) in [6, 6.07) is 0. The van der Waals surface area contributed by atoms with Crippen LogP contribution in [0, 0.1) is 5.92 Å². The van der Waals surface area contributed by atoms with Crippen molar-refractivity contribution in [1.82, 2.24) is 5.32 Å². The van der Waals surface area contributed by atoms with E-state index in [1.165, 1.54) is 32.2 Å². The molecule has 2 aliphatic rings. The molecule has 0 aromatic carbocycles. The molecule has 0 radical (unpaired) electrons. The molecule has 1 aliphatic carbocycles. The van der Waals surface area contributed by atoms with Gasteiger partial charge in [0.25, 0.3) is 0 Å². The molecular weight excluding hydrogens is 166 g/mol. The molecule has 2 unspecified atom stereocenters. The number of rotatable bonds is 1. The monoisotopic (exact) mass is 185 g/mol. The first-order valence-corrected chi connectivity index (χ1v) is 6.01. The molecule has 70 valence electrons. The second-order valence-electron chi connectivity index (χ2n) is 4.40. The van der Waals surface area contributed by atoms with E-state index in [1.54, 1.807) is 0 Å². The lowest BCUT2D eigenvalue weighted by Crippen LogP contribution is -2.40. The van der Waals surface area contributed by atoms with Crippen molar-refractivity contribution >= 4 is 11.8 Å². The zero-order valence-electron chi connectivity index (χ0n) is 8.10. The molecule has 2 heteroatoms. The Bertz CT molecular complexity index is 165. The quantitative estimate of drug-likeness (QED) is 0.674. The van der Waals surface area contributed by atoms with Gasteiger partial charge in [0, 0.05) is 11.8 Å². The van der Waals surface area contributed by atoms with Gasteiger partial charge in [-0.15, -0.1) is 11.8 Å². The minimum Gasteiger partial charge on any atom is -0.302 e. The lowest BCUT2D eigenvalue weighted by Gasteiger charge is -2.30. The highest BCUT2D eigenvalue weighted by molar-refractivity contribution is 8.01. The lowest BCUT2D eigenvalue weighted by molar-refractivity contribution is 0.362. The molecule has 0 aromatic rings. The molecule has 2 atom stereocenters. The molecule has 1 heterocycles. The van der Waals surface area contributed by atoms with Crippen LogP contribution >= 0.6 is 11.8 Å². The average molecular weight is 185 g/mol. The topological polar surface area (TPSA) is 12.0 Å². The first-order valence-electron chi connectivity index (χ1n) is 5.13. The number of hydrogen-bond donors (Lipinski definition) is 1. The van der Waals surface area contributed by atoms with Crippen molar-refractivity contribution in [3.8, 4) is 0 Å². The van der Waals surface area contributed by atoms with Crippen LogP contribution in [-0.2, 0) is 0 Å². The van der Waals surface area contributed by atoms with Gasteiger partial charge >= 0.3 is 0 Å². The molecule has 1 saturated heterocycles. The molecule has 0 amide bonds. The summed E-state index contributed by atoms with van der Waals surface area (Å²) >= 11 is 2.15. The molecule has 1 N–H and O–H groups in total. The van der Waals surface area contributed by atoms with Crippen molar-refractivity contribution in [3.05, 3.63) is 0 Å². The van der Waals surface area contributed by atoms with Gasteiger partial charge in [-0.25, -0.2) is 0 Å². The standard InChI is InChI=1S/C10H19NS/c1-8-7-11-10(2,12-8)9-5-3-4-6-9/h8-9,11H,3-7H2,1-2H3. The molecule has 1 aliphatic heterocycles. The summed E-state index contributed by atoms with van der Waals surface area (Å²) in [4.78, 5) is 0.413. The zero-order chi connectivity index (χ0) is 8.60. The SMILES string of the molecule is CC1CNC(C)(C2CCCC2)S1. The first-order chi connectivity index (χ1) is 5.71. The van der Waals surface area contributed by atoms with Gasteiger partial charge in [0.15, 0.2) is 0 Å². The van der Waals surface area contributed by atoms with Gasteiger partial charge in [-0.2, -0.15) is 0 Å². The second-order valence-corrected chi connectivity index (χ2v) is 6.29. The maximum atomic E-state index is 3.69. The van der Waals surface area contributed by atoms with Gasteiger partial charge in [-0.05, 0) is 25.7 Å². The molecule has 12 heavy (non-hydrogen) atoms. The number of hydrogen-bond acceptors (Lipinski definition) is 2. The Balaban J connectivity index is 2.00. The first kappa shape index (κ1) is 8.89. The van der Waals surface area contributed by atoms with E-state index in [0.29, 0.717) is 4.87 Å². The average Bonchev–Trinajstić information content (AvgIpc) is 2.59. The van der Waals surface area contributed by atoms with Crippen LogP contribution in [0.25, 0.3) is 0 Å². The van der Waals surface area contributed by atoms with Crippen molar-refractivity contribution in [3.63, 3.8) is 0 Å². The van der Waals surface area contributed by atoms with Crippen molar-refractivity contribution < 1.29 is 0 Å². The van der Waals surface area contributed by atoms with Crippen molar-refractivity contribution in [2.75, 3.05) is 6.54 Å². The maximum Gasteiger partial charge on any atom is 0.0648 e. The Kier molecular flexibility index (Phi) is 2.39. The molecular formula is C10H19NS. The highest BCUT2D eigenvalue weighted by Gasteiger charge is 2.41. The van der Waals surface area contributed by atoms with Gasteiger partial charge in [-0.1, -0.05) is 19.8 Å². The summed E-state index contributed by atoms with van der Waals surface area (Å²) in [6.45, 7) is 5.94. The third-order valence-electron chi connectivity index (χ3n) is 3.32. The Morgan fingerprint density at radius 1 is 1.33 bits per heavy atom. The fourth-order valence-electron chi connectivity index (χ4n) is 2.56. The third kappa shape index (κ3) is 1.51. The van der Waals surface area contributed by atoms with E-state index in [9.17, 15) is 0 Å². The van der Waals surface area contributed by atoms with Gasteiger partial charge in [-0.3, -0.25) is 0 Å². The van der Waals surface area contributed by atoms with E-state index in [4.69, 9.17) is 0 Å². The Morgan fingerprint density at radius 3 is 2.50 bits per heavy atom. The van der Waals surface area contributed by atoms with Crippen LogP contribution in [0.15, 0.2) is 0 Å². The molecule has 2 rings (SSSR count). The predicted octanol–water partition coefficient (Wildman–Crippen LogP) is 2.62. The highest BCUT2D eigenvalue weighted by Crippen LogP contribution is 2.45. The summed E-state index contributed by atoms with van der Waals surface area (Å²) in [7, 11) is 0. The summed E-state index contributed by atoms with van der Waals surface area (Å²) in [5.41, 5.74) is 0. The van der Waals surface area contributed by atoms with Crippen LogP contribution in [0.2, 0.25) is 0 Å². The minimum atomic E-state index is 0.413. The Hall–Kier alpha value is 0.310. The van der Waals surface area contributed by atoms with Crippen molar-refractivity contribution in [2.45, 2.75) is 49.7 Å². The van der Waals surface area contributed by atoms with Gasteiger partial charge in [0.05, 0.1) is 4.87 Å². The molecule has 0 bridgehead atoms. The van der Waals surface area contributed by atoms with E-state index in [0.717, 1.165) is 11.2 Å². The van der Waals surface area contributed by atoms with E-state index in [2.05, 4.69) is 30.9 Å². The molecule has 1 saturated carbocycles. The van der Waals surface area contributed by atoms with Gasteiger partial charge in [0.1, 0.15) is 0 Å². The lowest BCUT2D eigenvalue weighted by atomic mass is 9.99. The van der Waals surface area contributed by atoms with E-state index in [1.807, 2.05) is 0 Å². The van der Waals surface area contributed by atoms with Crippen LogP contribution in [0.1, 0.15) is 39.5 Å². The van der Waals surface area contributed by atoms with Gasteiger partial charge < -0.3 is 5.32 Å². The molecule has 1 nitrogen and oxygen atoms in total. The van der Waals surface area contributed by atoms with Crippen LogP contribution in [0.5, 0.6) is 0 Å². The van der Waals surface area contributed by atoms with Crippen LogP contribution in [0.3, 0.4) is 0 Å². The smallest absolute Gasteiger partial charge is 0.0648 e. The van der Waals surface area contributed by atoms with E-state index >= 15 is 0 Å². The summed E-state index contributed by atoms with van der Waals surface area (Å²) in [6.07, 6.45) is 5.81. The van der Waals surface area contributed by atoms with Crippen molar-refractivity contribution in [1.29, 1.82) is 0 Å². The molecule has 0 aromatic heterocycles. The third-order valence-corrected chi connectivity index (χ3v) is 4.86. The normalized spacial score (nSPS) is 44.0. The summed E-state index contributed by atoms with van der Waals surface area (Å²) in [5.74, 6) is 0.937. The Morgan fingerprint density at radius 2 is 2.00 bits per heavy atom. The highest BCUT2D eigenvalue weighted by atomic mass is 32.2. The molecule has 2 fully saturated rings.